The summed E-state index contributed by atoms with van der Waals surface area (Å²) in [5.74, 6) is 2.04. The first kappa shape index (κ1) is 24.5. The van der Waals surface area contributed by atoms with E-state index in [-0.39, 0.29) is 11.9 Å². The van der Waals surface area contributed by atoms with Crippen LogP contribution in [-0.2, 0) is 16.0 Å². The fourth-order valence-corrected chi connectivity index (χ4v) is 4.01. The molecule has 1 amide bonds. The third kappa shape index (κ3) is 8.80. The summed E-state index contributed by atoms with van der Waals surface area (Å²) in [5.41, 5.74) is 0. The maximum absolute atomic E-state index is 12.1. The summed E-state index contributed by atoms with van der Waals surface area (Å²) in [6.45, 7) is 14.3. The summed E-state index contributed by atoms with van der Waals surface area (Å²) in [6.07, 6.45) is 3.58. The van der Waals surface area contributed by atoms with Crippen LogP contribution in [-0.4, -0.2) is 111 Å². The molecule has 0 atom stereocenters. The summed E-state index contributed by atoms with van der Waals surface area (Å²) in [5, 5.41) is 6.51. The lowest BCUT2D eigenvalue weighted by molar-refractivity contribution is -0.123. The third-order valence-corrected chi connectivity index (χ3v) is 5.72. The topological polar surface area (TPSA) is 85.6 Å². The highest BCUT2D eigenvalue weighted by atomic mass is 16.5. The summed E-state index contributed by atoms with van der Waals surface area (Å²) < 4.78 is 10.9. The molecule has 1 aromatic heterocycles. The SMILES string of the molecule is CC(C)NC(=O)CN1CCN(C(=NCCCN2CCOCC2)NCCc2ccco2)CC1. The van der Waals surface area contributed by atoms with Crippen molar-refractivity contribution in [1.29, 1.82) is 0 Å². The number of amides is 1. The lowest BCUT2D eigenvalue weighted by Crippen LogP contribution is -2.54. The van der Waals surface area contributed by atoms with Gasteiger partial charge in [0.15, 0.2) is 5.96 Å². The third-order valence-electron chi connectivity index (χ3n) is 5.72. The zero-order valence-electron chi connectivity index (χ0n) is 19.7. The van der Waals surface area contributed by atoms with Gasteiger partial charge in [0.25, 0.3) is 0 Å². The van der Waals surface area contributed by atoms with Crippen LogP contribution >= 0.6 is 0 Å². The van der Waals surface area contributed by atoms with Crippen LogP contribution in [0.2, 0.25) is 0 Å². The first-order valence-electron chi connectivity index (χ1n) is 12.0. The standard InChI is InChI=1S/C23H40N6O3/c1-20(2)26-22(30)19-28-10-12-29(13-11-28)23(25-8-6-21-5-3-16-32-21)24-7-4-9-27-14-17-31-18-15-27/h3,5,16,20H,4,6-15,17-19H2,1-2H3,(H,24,25)(H,26,30). The van der Waals surface area contributed by atoms with E-state index in [2.05, 4.69) is 25.3 Å². The fourth-order valence-electron chi connectivity index (χ4n) is 4.01. The fraction of sp³-hybridized carbons (Fsp3) is 0.739. The van der Waals surface area contributed by atoms with Crippen molar-refractivity contribution in [3.8, 4) is 0 Å². The van der Waals surface area contributed by atoms with Crippen LogP contribution < -0.4 is 10.6 Å². The number of carbonyl (C=O) groups is 1. The molecule has 180 valence electrons. The highest BCUT2D eigenvalue weighted by Gasteiger charge is 2.21. The van der Waals surface area contributed by atoms with Crippen LogP contribution in [0.3, 0.4) is 0 Å². The van der Waals surface area contributed by atoms with Crippen LogP contribution in [0.1, 0.15) is 26.0 Å². The highest BCUT2D eigenvalue weighted by Crippen LogP contribution is 2.05. The minimum atomic E-state index is 0.0991. The molecule has 3 heterocycles. The minimum absolute atomic E-state index is 0.0991. The maximum Gasteiger partial charge on any atom is 0.234 e. The molecule has 0 bridgehead atoms. The molecule has 0 aliphatic carbocycles. The van der Waals surface area contributed by atoms with Gasteiger partial charge in [-0.15, -0.1) is 0 Å². The molecule has 0 aromatic carbocycles. The number of nitrogens with one attached hydrogen (secondary N) is 2. The number of aliphatic imine (C=N–C) groups is 1. The second-order valence-electron chi connectivity index (χ2n) is 8.75. The lowest BCUT2D eigenvalue weighted by Gasteiger charge is -2.36. The number of guanidine groups is 1. The quantitative estimate of drug-likeness (QED) is 0.309. The summed E-state index contributed by atoms with van der Waals surface area (Å²) in [6, 6.07) is 4.10. The van der Waals surface area contributed by atoms with Crippen molar-refractivity contribution in [2.24, 2.45) is 4.99 Å². The van der Waals surface area contributed by atoms with Gasteiger partial charge in [0.2, 0.25) is 5.91 Å². The van der Waals surface area contributed by atoms with Crippen molar-refractivity contribution in [2.75, 3.05) is 78.7 Å². The van der Waals surface area contributed by atoms with Crippen LogP contribution in [0.4, 0.5) is 0 Å². The largest absolute Gasteiger partial charge is 0.469 e. The predicted octanol–water partition coefficient (Wildman–Crippen LogP) is 0.632. The van der Waals surface area contributed by atoms with E-state index in [0.29, 0.717) is 6.54 Å². The molecule has 0 saturated carbocycles. The van der Waals surface area contributed by atoms with Gasteiger partial charge in [0, 0.05) is 71.4 Å². The molecule has 0 unspecified atom stereocenters. The molecule has 2 saturated heterocycles. The van der Waals surface area contributed by atoms with Gasteiger partial charge in [-0.05, 0) is 32.4 Å². The Labute approximate surface area is 192 Å². The number of nitrogens with zero attached hydrogens (tertiary/aromatic N) is 4. The molecule has 0 radical (unpaired) electrons. The minimum Gasteiger partial charge on any atom is -0.469 e. The number of morpholine rings is 1. The van der Waals surface area contributed by atoms with Crippen LogP contribution in [0.5, 0.6) is 0 Å². The normalized spacial score (nSPS) is 18.8. The van der Waals surface area contributed by atoms with Gasteiger partial charge in [-0.25, -0.2) is 0 Å². The van der Waals surface area contributed by atoms with E-state index >= 15 is 0 Å². The Bertz CT molecular complexity index is 680. The second kappa shape index (κ2) is 13.4. The number of rotatable bonds is 10. The number of carbonyl (C=O) groups excluding carboxylic acids is 1. The first-order valence-corrected chi connectivity index (χ1v) is 12.0. The van der Waals surface area contributed by atoms with Crippen LogP contribution in [0.25, 0.3) is 0 Å². The Morgan fingerprint density at radius 3 is 2.59 bits per heavy atom. The number of piperazine rings is 1. The van der Waals surface area contributed by atoms with Crippen molar-refractivity contribution in [3.63, 3.8) is 0 Å². The number of hydrogen-bond donors (Lipinski definition) is 2. The molecule has 2 fully saturated rings. The van der Waals surface area contributed by atoms with E-state index in [1.807, 2.05) is 26.0 Å². The molecule has 32 heavy (non-hydrogen) atoms. The summed E-state index contributed by atoms with van der Waals surface area (Å²) >= 11 is 0. The van der Waals surface area contributed by atoms with Gasteiger partial charge in [-0.1, -0.05) is 0 Å². The molecule has 2 N–H and O–H groups in total. The maximum atomic E-state index is 12.1. The van der Waals surface area contributed by atoms with Gasteiger partial charge < -0.3 is 24.7 Å². The molecular weight excluding hydrogens is 408 g/mol. The average Bonchev–Trinajstić information content (AvgIpc) is 3.30. The van der Waals surface area contributed by atoms with E-state index in [9.17, 15) is 4.79 Å². The Balaban J connectivity index is 1.46. The zero-order valence-corrected chi connectivity index (χ0v) is 19.7. The van der Waals surface area contributed by atoms with Gasteiger partial charge in [0.1, 0.15) is 5.76 Å². The van der Waals surface area contributed by atoms with Gasteiger partial charge in [-0.2, -0.15) is 0 Å². The lowest BCUT2D eigenvalue weighted by atomic mass is 10.3. The van der Waals surface area contributed by atoms with Gasteiger partial charge in [-0.3, -0.25) is 19.6 Å². The predicted molar refractivity (Wildman–Crippen MR) is 126 cm³/mol. The molecule has 0 spiro atoms. The Morgan fingerprint density at radius 1 is 1.12 bits per heavy atom. The van der Waals surface area contributed by atoms with Gasteiger partial charge >= 0.3 is 0 Å². The van der Waals surface area contributed by atoms with E-state index in [4.69, 9.17) is 14.1 Å². The number of ether oxygens (including phenoxy) is 1. The average molecular weight is 449 g/mol. The Morgan fingerprint density at radius 2 is 1.91 bits per heavy atom. The van der Waals surface area contributed by atoms with E-state index in [1.54, 1.807) is 6.26 Å². The molecule has 9 nitrogen and oxygen atoms in total. The summed E-state index contributed by atoms with van der Waals surface area (Å²) in [7, 11) is 0. The molecule has 1 aromatic rings. The Hall–Kier alpha value is -2.10. The first-order chi connectivity index (χ1) is 15.6. The van der Waals surface area contributed by atoms with Crippen molar-refractivity contribution in [2.45, 2.75) is 32.7 Å². The van der Waals surface area contributed by atoms with Crippen molar-refractivity contribution >= 4 is 11.9 Å². The van der Waals surface area contributed by atoms with Crippen molar-refractivity contribution in [1.82, 2.24) is 25.3 Å². The molecular formula is C23H40N6O3. The van der Waals surface area contributed by atoms with E-state index in [1.165, 1.54) is 0 Å². The molecule has 2 aliphatic rings. The van der Waals surface area contributed by atoms with E-state index < -0.39 is 0 Å². The molecule has 2 aliphatic heterocycles. The number of hydrogen-bond acceptors (Lipinski definition) is 6. The molecule has 9 heteroatoms. The van der Waals surface area contributed by atoms with Crippen molar-refractivity contribution in [3.05, 3.63) is 24.2 Å². The summed E-state index contributed by atoms with van der Waals surface area (Å²) in [4.78, 5) is 24.0. The van der Waals surface area contributed by atoms with E-state index in [0.717, 1.165) is 96.7 Å². The van der Waals surface area contributed by atoms with Crippen LogP contribution in [0.15, 0.2) is 27.8 Å². The van der Waals surface area contributed by atoms with Crippen LogP contribution in [0, 0.1) is 0 Å². The molecule has 3 rings (SSSR count). The second-order valence-corrected chi connectivity index (χ2v) is 8.75. The van der Waals surface area contributed by atoms with Crippen molar-refractivity contribution < 1.29 is 13.9 Å². The smallest absolute Gasteiger partial charge is 0.234 e. The number of furan rings is 1. The monoisotopic (exact) mass is 448 g/mol. The highest BCUT2D eigenvalue weighted by molar-refractivity contribution is 5.80. The van der Waals surface area contributed by atoms with Gasteiger partial charge in [0.05, 0.1) is 26.0 Å². The zero-order chi connectivity index (χ0) is 22.6. The Kier molecular flexibility index (Phi) is 10.3.